The van der Waals surface area contributed by atoms with E-state index >= 15 is 0 Å². The van der Waals surface area contributed by atoms with Crippen LogP contribution in [-0.4, -0.2) is 23.3 Å². The highest BCUT2D eigenvalue weighted by atomic mass is 16.2. The summed E-state index contributed by atoms with van der Waals surface area (Å²) in [7, 11) is 0. The average molecular weight is 321 g/mol. The number of carbonyl (C=O) groups excluding carboxylic acids is 2. The molecule has 2 amide bonds. The molecule has 24 heavy (non-hydrogen) atoms. The number of aryl methyl sites for hydroxylation is 1. The Kier molecular flexibility index (Phi) is 5.69. The molecule has 0 aliphatic carbocycles. The van der Waals surface area contributed by atoms with Crippen LogP contribution in [0.1, 0.15) is 23.6 Å². The van der Waals surface area contributed by atoms with Crippen LogP contribution in [0.25, 0.3) is 0 Å². The lowest BCUT2D eigenvalue weighted by Gasteiger charge is -2.21. The molecule has 0 atom stereocenters. The molecule has 0 bridgehead atoms. The van der Waals surface area contributed by atoms with Crippen molar-refractivity contribution in [1.29, 1.82) is 5.26 Å². The molecule has 5 heteroatoms. The summed E-state index contributed by atoms with van der Waals surface area (Å²) in [6.45, 7) is 3.73. The average Bonchev–Trinajstić information content (AvgIpc) is 2.56. The number of nitriles is 1. The first-order valence-electron chi connectivity index (χ1n) is 7.59. The molecule has 122 valence electrons. The van der Waals surface area contributed by atoms with Gasteiger partial charge in [0.15, 0.2) is 0 Å². The fraction of sp³-hybridized carbons (Fsp3) is 0.211. The number of hydrogen-bond acceptors (Lipinski definition) is 3. The van der Waals surface area contributed by atoms with Crippen molar-refractivity contribution >= 4 is 17.5 Å². The molecule has 2 aromatic carbocycles. The molecule has 0 heterocycles. The molecule has 0 aliphatic heterocycles. The van der Waals surface area contributed by atoms with Gasteiger partial charge < -0.3 is 10.2 Å². The number of para-hydroxylation sites is 1. The van der Waals surface area contributed by atoms with E-state index in [1.54, 1.807) is 24.3 Å². The van der Waals surface area contributed by atoms with E-state index in [0.717, 1.165) is 11.1 Å². The van der Waals surface area contributed by atoms with E-state index in [0.29, 0.717) is 17.8 Å². The quantitative estimate of drug-likeness (QED) is 0.920. The summed E-state index contributed by atoms with van der Waals surface area (Å²) in [5.41, 5.74) is 2.93. The minimum Gasteiger partial charge on any atom is -0.329 e. The molecule has 1 N–H and O–H groups in total. The maximum Gasteiger partial charge on any atom is 0.244 e. The number of hydrogen-bond donors (Lipinski definition) is 1. The van der Waals surface area contributed by atoms with Gasteiger partial charge in [-0.15, -0.1) is 0 Å². The second-order valence-corrected chi connectivity index (χ2v) is 5.57. The van der Waals surface area contributed by atoms with Gasteiger partial charge in [-0.3, -0.25) is 9.59 Å². The molecular formula is C19H19N3O2. The fourth-order valence-electron chi connectivity index (χ4n) is 2.25. The summed E-state index contributed by atoms with van der Waals surface area (Å²) < 4.78 is 0. The molecule has 0 spiro atoms. The lowest BCUT2D eigenvalue weighted by molar-refractivity contribution is -0.133. The van der Waals surface area contributed by atoms with Gasteiger partial charge in [0.25, 0.3) is 0 Å². The largest absolute Gasteiger partial charge is 0.329 e. The molecule has 0 aromatic heterocycles. The van der Waals surface area contributed by atoms with Gasteiger partial charge in [0, 0.05) is 13.5 Å². The van der Waals surface area contributed by atoms with Crippen LogP contribution in [-0.2, 0) is 16.1 Å². The van der Waals surface area contributed by atoms with Crippen LogP contribution in [0.3, 0.4) is 0 Å². The number of amides is 2. The molecule has 5 nitrogen and oxygen atoms in total. The van der Waals surface area contributed by atoms with Crippen molar-refractivity contribution in [2.75, 3.05) is 11.9 Å². The number of nitrogens with zero attached hydrogens (tertiary/aromatic N) is 2. The molecule has 0 aliphatic rings. The number of carbonyl (C=O) groups is 2. The molecule has 0 saturated carbocycles. The predicted molar refractivity (Wildman–Crippen MR) is 92.1 cm³/mol. The molecular weight excluding hydrogens is 302 g/mol. The van der Waals surface area contributed by atoms with Gasteiger partial charge in [-0.25, -0.2) is 0 Å². The van der Waals surface area contributed by atoms with Crippen LogP contribution in [0.15, 0.2) is 48.5 Å². The summed E-state index contributed by atoms with van der Waals surface area (Å²) >= 11 is 0. The Balaban J connectivity index is 2.04. The standard InChI is InChI=1S/C19H19N3O2/c1-14-7-9-16(10-8-14)12-22(15(2)23)13-19(24)21-18-6-4-3-5-17(18)11-20/h3-10H,12-13H2,1-2H3,(H,21,24). The highest BCUT2D eigenvalue weighted by Gasteiger charge is 2.15. The topological polar surface area (TPSA) is 73.2 Å². The monoisotopic (exact) mass is 321 g/mol. The normalized spacial score (nSPS) is 9.88. The second kappa shape index (κ2) is 7.93. The van der Waals surface area contributed by atoms with Crippen LogP contribution in [0.4, 0.5) is 5.69 Å². The lowest BCUT2D eigenvalue weighted by atomic mass is 10.1. The molecule has 0 saturated heterocycles. The first-order valence-corrected chi connectivity index (χ1v) is 7.59. The Bertz CT molecular complexity index is 776. The van der Waals surface area contributed by atoms with E-state index < -0.39 is 0 Å². The Morgan fingerprint density at radius 1 is 1.12 bits per heavy atom. The van der Waals surface area contributed by atoms with Gasteiger partial charge in [-0.1, -0.05) is 42.0 Å². The van der Waals surface area contributed by atoms with Gasteiger partial charge in [0.1, 0.15) is 12.6 Å². The van der Waals surface area contributed by atoms with Gasteiger partial charge >= 0.3 is 0 Å². The SMILES string of the molecule is CC(=O)N(CC(=O)Nc1ccccc1C#N)Cc1ccc(C)cc1. The molecule has 2 rings (SSSR count). The highest BCUT2D eigenvalue weighted by Crippen LogP contribution is 2.14. The first-order chi connectivity index (χ1) is 11.5. The summed E-state index contributed by atoms with van der Waals surface area (Å²) in [5.74, 6) is -0.515. The van der Waals surface area contributed by atoms with E-state index in [4.69, 9.17) is 5.26 Å². The van der Waals surface area contributed by atoms with Gasteiger partial charge in [0.05, 0.1) is 11.3 Å². The van der Waals surface area contributed by atoms with E-state index in [1.807, 2.05) is 37.3 Å². The number of rotatable bonds is 5. The van der Waals surface area contributed by atoms with Crippen LogP contribution in [0.5, 0.6) is 0 Å². The summed E-state index contributed by atoms with van der Waals surface area (Å²) in [6.07, 6.45) is 0. The minimum absolute atomic E-state index is 0.0665. The summed E-state index contributed by atoms with van der Waals surface area (Å²) in [6, 6.07) is 16.6. The number of benzene rings is 2. The van der Waals surface area contributed by atoms with E-state index in [2.05, 4.69) is 5.32 Å². The minimum atomic E-state index is -0.333. The smallest absolute Gasteiger partial charge is 0.244 e. The summed E-state index contributed by atoms with van der Waals surface area (Å²) in [4.78, 5) is 25.5. The van der Waals surface area contributed by atoms with Gasteiger partial charge in [-0.2, -0.15) is 5.26 Å². The maximum absolute atomic E-state index is 12.2. The fourth-order valence-corrected chi connectivity index (χ4v) is 2.25. The van der Waals surface area contributed by atoms with Crippen molar-refractivity contribution in [2.45, 2.75) is 20.4 Å². The third-order valence-electron chi connectivity index (χ3n) is 3.60. The highest BCUT2D eigenvalue weighted by molar-refractivity contribution is 5.95. The van der Waals surface area contributed by atoms with Crippen LogP contribution < -0.4 is 5.32 Å². The number of nitrogens with one attached hydrogen (secondary N) is 1. The van der Waals surface area contributed by atoms with Crippen molar-refractivity contribution in [1.82, 2.24) is 4.90 Å². The third-order valence-corrected chi connectivity index (χ3v) is 3.60. The van der Waals surface area contributed by atoms with Crippen LogP contribution in [0.2, 0.25) is 0 Å². The van der Waals surface area contributed by atoms with E-state index in [-0.39, 0.29) is 18.4 Å². The zero-order valence-corrected chi connectivity index (χ0v) is 13.7. The van der Waals surface area contributed by atoms with E-state index in [1.165, 1.54) is 11.8 Å². The zero-order valence-electron chi connectivity index (χ0n) is 13.7. The lowest BCUT2D eigenvalue weighted by Crippen LogP contribution is -2.36. The van der Waals surface area contributed by atoms with Crippen molar-refractivity contribution in [3.63, 3.8) is 0 Å². The predicted octanol–water partition coefficient (Wildman–Crippen LogP) is 2.85. The Hall–Kier alpha value is -3.13. The number of anilines is 1. The summed E-state index contributed by atoms with van der Waals surface area (Å²) in [5, 5.41) is 11.7. The van der Waals surface area contributed by atoms with Crippen molar-refractivity contribution in [3.05, 3.63) is 65.2 Å². The van der Waals surface area contributed by atoms with Crippen molar-refractivity contribution in [2.24, 2.45) is 0 Å². The zero-order chi connectivity index (χ0) is 17.5. The van der Waals surface area contributed by atoms with Crippen molar-refractivity contribution in [3.8, 4) is 6.07 Å². The second-order valence-electron chi connectivity index (χ2n) is 5.57. The Morgan fingerprint density at radius 2 is 1.79 bits per heavy atom. The van der Waals surface area contributed by atoms with Gasteiger partial charge in [0.2, 0.25) is 11.8 Å². The van der Waals surface area contributed by atoms with Crippen molar-refractivity contribution < 1.29 is 9.59 Å². The maximum atomic E-state index is 12.2. The first kappa shape index (κ1) is 17.2. The van der Waals surface area contributed by atoms with Gasteiger partial charge in [-0.05, 0) is 24.6 Å². The Morgan fingerprint density at radius 3 is 2.42 bits per heavy atom. The van der Waals surface area contributed by atoms with Crippen LogP contribution >= 0.6 is 0 Å². The molecule has 0 unspecified atom stereocenters. The molecule has 0 fully saturated rings. The molecule has 0 radical (unpaired) electrons. The van der Waals surface area contributed by atoms with Crippen LogP contribution in [0, 0.1) is 18.3 Å². The Labute approximate surface area is 141 Å². The van der Waals surface area contributed by atoms with E-state index in [9.17, 15) is 9.59 Å². The third kappa shape index (κ3) is 4.68. The molecule has 2 aromatic rings.